The first-order valence-electron chi connectivity index (χ1n) is 7.16. The average molecular weight is 290 g/mol. The van der Waals surface area contributed by atoms with Gasteiger partial charge >= 0.3 is 0 Å². The minimum absolute atomic E-state index is 0.0404. The van der Waals surface area contributed by atoms with Gasteiger partial charge in [0.25, 0.3) is 0 Å². The SMILES string of the molecule is Cc1nc([C@@H]2CCCN2C(=O)CCCn2cncn2)no1. The van der Waals surface area contributed by atoms with Gasteiger partial charge in [-0.05, 0) is 19.3 Å². The van der Waals surface area contributed by atoms with Gasteiger partial charge in [-0.3, -0.25) is 9.48 Å². The molecule has 3 rings (SSSR count). The Morgan fingerprint density at radius 2 is 2.43 bits per heavy atom. The third kappa shape index (κ3) is 3.09. The molecule has 1 atom stereocenters. The number of nitrogens with zero attached hydrogens (tertiary/aromatic N) is 6. The van der Waals surface area contributed by atoms with Gasteiger partial charge in [-0.2, -0.15) is 10.1 Å². The number of likely N-dealkylation sites (tertiary alicyclic amines) is 1. The largest absolute Gasteiger partial charge is 0.340 e. The van der Waals surface area contributed by atoms with Crippen LogP contribution in [0.3, 0.4) is 0 Å². The quantitative estimate of drug-likeness (QED) is 0.819. The fourth-order valence-corrected chi connectivity index (χ4v) is 2.67. The molecule has 0 bridgehead atoms. The maximum Gasteiger partial charge on any atom is 0.223 e. The first-order valence-corrected chi connectivity index (χ1v) is 7.16. The predicted molar refractivity (Wildman–Crippen MR) is 72.0 cm³/mol. The third-order valence-corrected chi connectivity index (χ3v) is 3.66. The molecule has 1 fully saturated rings. The average Bonchev–Trinajstić information content (AvgIpc) is 3.18. The van der Waals surface area contributed by atoms with Gasteiger partial charge < -0.3 is 9.42 Å². The van der Waals surface area contributed by atoms with Gasteiger partial charge in [0, 0.05) is 26.4 Å². The number of amides is 1. The molecule has 0 N–H and O–H groups in total. The van der Waals surface area contributed by atoms with E-state index in [4.69, 9.17) is 4.52 Å². The molecule has 0 saturated carbocycles. The summed E-state index contributed by atoms with van der Waals surface area (Å²) in [5, 5.41) is 7.97. The second kappa shape index (κ2) is 6.02. The maximum absolute atomic E-state index is 12.4. The van der Waals surface area contributed by atoms with Crippen LogP contribution in [0, 0.1) is 6.92 Å². The van der Waals surface area contributed by atoms with Crippen LogP contribution in [0.4, 0.5) is 0 Å². The molecule has 0 aromatic carbocycles. The summed E-state index contributed by atoms with van der Waals surface area (Å²) in [4.78, 5) is 22.4. The van der Waals surface area contributed by atoms with Crippen LogP contribution in [0.5, 0.6) is 0 Å². The summed E-state index contributed by atoms with van der Waals surface area (Å²) in [7, 11) is 0. The van der Waals surface area contributed by atoms with Crippen molar-refractivity contribution in [1.82, 2.24) is 29.8 Å². The first-order chi connectivity index (χ1) is 10.2. The van der Waals surface area contributed by atoms with Crippen molar-refractivity contribution in [2.75, 3.05) is 6.54 Å². The lowest BCUT2D eigenvalue weighted by Crippen LogP contribution is -2.31. The highest BCUT2D eigenvalue weighted by Gasteiger charge is 2.32. The van der Waals surface area contributed by atoms with E-state index in [1.807, 2.05) is 4.90 Å². The highest BCUT2D eigenvalue weighted by molar-refractivity contribution is 5.76. The second-order valence-corrected chi connectivity index (χ2v) is 5.18. The van der Waals surface area contributed by atoms with Gasteiger partial charge in [0.1, 0.15) is 12.7 Å². The maximum atomic E-state index is 12.4. The van der Waals surface area contributed by atoms with Gasteiger partial charge in [0.2, 0.25) is 11.8 Å². The van der Waals surface area contributed by atoms with Crippen molar-refractivity contribution in [3.8, 4) is 0 Å². The lowest BCUT2D eigenvalue weighted by atomic mass is 10.2. The topological polar surface area (TPSA) is 89.9 Å². The van der Waals surface area contributed by atoms with Crippen molar-refractivity contribution in [1.29, 1.82) is 0 Å². The molecule has 0 spiro atoms. The van der Waals surface area contributed by atoms with E-state index in [0.29, 0.717) is 24.7 Å². The van der Waals surface area contributed by atoms with Crippen molar-refractivity contribution in [2.45, 2.75) is 45.2 Å². The van der Waals surface area contributed by atoms with E-state index in [1.165, 1.54) is 6.33 Å². The van der Waals surface area contributed by atoms with Gasteiger partial charge in [0.15, 0.2) is 5.82 Å². The molecule has 8 nitrogen and oxygen atoms in total. The van der Waals surface area contributed by atoms with Crippen molar-refractivity contribution < 1.29 is 9.32 Å². The highest BCUT2D eigenvalue weighted by atomic mass is 16.5. The fraction of sp³-hybridized carbons (Fsp3) is 0.615. The molecule has 2 aromatic heterocycles. The van der Waals surface area contributed by atoms with Crippen LogP contribution in [-0.4, -0.2) is 42.3 Å². The smallest absolute Gasteiger partial charge is 0.223 e. The summed E-state index contributed by atoms with van der Waals surface area (Å²) in [6, 6.07) is -0.0404. The Labute approximate surface area is 122 Å². The van der Waals surface area contributed by atoms with Crippen LogP contribution in [0.1, 0.15) is 43.4 Å². The highest BCUT2D eigenvalue weighted by Crippen LogP contribution is 2.30. The molecule has 112 valence electrons. The summed E-state index contributed by atoms with van der Waals surface area (Å²) in [5.74, 6) is 1.30. The zero-order chi connectivity index (χ0) is 14.7. The monoisotopic (exact) mass is 290 g/mol. The third-order valence-electron chi connectivity index (χ3n) is 3.66. The lowest BCUT2D eigenvalue weighted by molar-refractivity contribution is -0.132. The number of rotatable bonds is 5. The number of carbonyl (C=O) groups excluding carboxylic acids is 1. The first kappa shape index (κ1) is 13.7. The summed E-state index contributed by atoms with van der Waals surface area (Å²) in [5.41, 5.74) is 0. The number of hydrogen-bond donors (Lipinski definition) is 0. The van der Waals surface area contributed by atoms with Crippen LogP contribution in [0.2, 0.25) is 0 Å². The van der Waals surface area contributed by atoms with Crippen molar-refractivity contribution in [3.63, 3.8) is 0 Å². The zero-order valence-corrected chi connectivity index (χ0v) is 12.0. The predicted octanol–water partition coefficient (Wildman–Crippen LogP) is 1.11. The Hall–Kier alpha value is -2.25. The fourth-order valence-electron chi connectivity index (χ4n) is 2.67. The van der Waals surface area contributed by atoms with Crippen molar-refractivity contribution in [2.24, 2.45) is 0 Å². The van der Waals surface area contributed by atoms with E-state index >= 15 is 0 Å². The molecule has 8 heteroatoms. The number of aromatic nitrogens is 5. The van der Waals surface area contributed by atoms with E-state index in [9.17, 15) is 4.79 Å². The molecule has 1 saturated heterocycles. The molecule has 1 amide bonds. The number of carbonyl (C=O) groups is 1. The molecule has 21 heavy (non-hydrogen) atoms. The number of hydrogen-bond acceptors (Lipinski definition) is 6. The van der Waals surface area contributed by atoms with Crippen LogP contribution >= 0.6 is 0 Å². The van der Waals surface area contributed by atoms with Crippen LogP contribution in [0.25, 0.3) is 0 Å². The molecule has 3 heterocycles. The Kier molecular flexibility index (Phi) is 3.94. The summed E-state index contributed by atoms with van der Waals surface area (Å²) in [6.07, 6.45) is 6.27. The molecule has 1 aliphatic heterocycles. The normalized spacial score (nSPS) is 18.3. The van der Waals surface area contributed by atoms with Gasteiger partial charge in [0.05, 0.1) is 6.04 Å². The van der Waals surface area contributed by atoms with E-state index in [0.717, 1.165) is 25.8 Å². The summed E-state index contributed by atoms with van der Waals surface area (Å²) >= 11 is 0. The van der Waals surface area contributed by atoms with Gasteiger partial charge in [-0.25, -0.2) is 4.98 Å². The van der Waals surface area contributed by atoms with Crippen LogP contribution in [-0.2, 0) is 11.3 Å². The lowest BCUT2D eigenvalue weighted by Gasteiger charge is -2.22. The standard InChI is InChI=1S/C13H18N6O2/c1-10-16-13(17-21-10)11-4-2-7-19(11)12(20)5-3-6-18-9-14-8-15-18/h8-9,11H,2-7H2,1H3/t11-/m0/s1. The Bertz CT molecular complexity index is 594. The minimum atomic E-state index is -0.0404. The van der Waals surface area contributed by atoms with E-state index < -0.39 is 0 Å². The van der Waals surface area contributed by atoms with Crippen molar-refractivity contribution in [3.05, 3.63) is 24.4 Å². The summed E-state index contributed by atoms with van der Waals surface area (Å²) < 4.78 is 6.75. The van der Waals surface area contributed by atoms with Crippen LogP contribution < -0.4 is 0 Å². The second-order valence-electron chi connectivity index (χ2n) is 5.18. The van der Waals surface area contributed by atoms with E-state index in [-0.39, 0.29) is 11.9 Å². The van der Waals surface area contributed by atoms with Gasteiger partial charge in [-0.15, -0.1) is 0 Å². The molecule has 0 unspecified atom stereocenters. The Balaban J connectivity index is 1.55. The van der Waals surface area contributed by atoms with Gasteiger partial charge in [-0.1, -0.05) is 5.16 Å². The minimum Gasteiger partial charge on any atom is -0.340 e. The Morgan fingerprint density at radius 1 is 1.52 bits per heavy atom. The molecule has 0 radical (unpaired) electrons. The molecular weight excluding hydrogens is 272 g/mol. The molecule has 0 aliphatic carbocycles. The number of aryl methyl sites for hydroxylation is 2. The molecular formula is C13H18N6O2. The zero-order valence-electron chi connectivity index (χ0n) is 12.0. The van der Waals surface area contributed by atoms with E-state index in [2.05, 4.69) is 20.2 Å². The summed E-state index contributed by atoms with van der Waals surface area (Å²) in [6.45, 7) is 3.22. The Morgan fingerprint density at radius 3 is 3.14 bits per heavy atom. The molecule has 1 aliphatic rings. The van der Waals surface area contributed by atoms with Crippen LogP contribution in [0.15, 0.2) is 17.2 Å². The molecule has 2 aromatic rings. The van der Waals surface area contributed by atoms with E-state index in [1.54, 1.807) is 17.9 Å². The van der Waals surface area contributed by atoms with Crippen molar-refractivity contribution >= 4 is 5.91 Å².